The molecule has 8 heteroatoms. The van der Waals surface area contributed by atoms with Gasteiger partial charge in [0, 0.05) is 25.2 Å². The molecule has 1 fully saturated rings. The molecule has 1 aliphatic heterocycles. The second-order valence-corrected chi connectivity index (χ2v) is 7.50. The Morgan fingerprint density at radius 3 is 2.62 bits per heavy atom. The lowest BCUT2D eigenvalue weighted by atomic mass is 10.1. The lowest BCUT2D eigenvalue weighted by Gasteiger charge is -2.25. The van der Waals surface area contributed by atoms with Gasteiger partial charge in [-0.05, 0) is 40.1 Å². The number of hydrogen-bond donors (Lipinski definition) is 1. The molecule has 0 unspecified atom stereocenters. The molecule has 3 aromatic rings. The van der Waals surface area contributed by atoms with Gasteiger partial charge in [0.25, 0.3) is 5.91 Å². The molecular weight excluding hydrogens is 390 g/mol. The highest BCUT2D eigenvalue weighted by Crippen LogP contribution is 2.20. The van der Waals surface area contributed by atoms with E-state index in [2.05, 4.69) is 10.3 Å². The first-order valence-electron chi connectivity index (χ1n) is 9.39. The molecule has 0 atom stereocenters. The quantitative estimate of drug-likeness (QED) is 0.674. The van der Waals surface area contributed by atoms with Crippen molar-refractivity contribution in [2.24, 2.45) is 0 Å². The number of rotatable bonds is 6. The molecule has 7 nitrogen and oxygen atoms in total. The number of ether oxygens (including phenoxy) is 1. The predicted octanol–water partition coefficient (Wildman–Crippen LogP) is 2.73. The van der Waals surface area contributed by atoms with Crippen LogP contribution in [0, 0.1) is 0 Å². The Labute approximate surface area is 172 Å². The van der Waals surface area contributed by atoms with E-state index in [1.54, 1.807) is 16.2 Å². The molecule has 3 heterocycles. The lowest BCUT2D eigenvalue weighted by molar-refractivity contribution is -0.120. The van der Waals surface area contributed by atoms with Gasteiger partial charge in [-0.3, -0.25) is 9.59 Å². The van der Waals surface area contributed by atoms with E-state index in [1.807, 2.05) is 41.1 Å². The Balaban J connectivity index is 1.33. The van der Waals surface area contributed by atoms with Crippen LogP contribution in [0.15, 0.2) is 51.8 Å². The van der Waals surface area contributed by atoms with E-state index >= 15 is 0 Å². The van der Waals surface area contributed by atoms with E-state index < -0.39 is 0 Å². The van der Waals surface area contributed by atoms with E-state index in [4.69, 9.17) is 9.15 Å². The molecule has 2 amide bonds. The predicted molar refractivity (Wildman–Crippen MR) is 109 cm³/mol. The molecule has 4 rings (SSSR count). The maximum Gasteiger partial charge on any atom is 0.275 e. The maximum atomic E-state index is 12.5. The number of nitrogens with one attached hydrogen (secondary N) is 1. The van der Waals surface area contributed by atoms with Crippen molar-refractivity contribution in [1.82, 2.24) is 15.2 Å². The van der Waals surface area contributed by atoms with Gasteiger partial charge >= 0.3 is 0 Å². The Morgan fingerprint density at radius 2 is 1.90 bits per heavy atom. The van der Waals surface area contributed by atoms with Crippen molar-refractivity contribution < 1.29 is 18.7 Å². The van der Waals surface area contributed by atoms with Gasteiger partial charge in [0.1, 0.15) is 6.26 Å². The number of carbonyl (C=O) groups excluding carboxylic acids is 2. The number of oxazole rings is 1. The van der Waals surface area contributed by atoms with Crippen LogP contribution < -0.4 is 5.32 Å². The smallest absolute Gasteiger partial charge is 0.275 e. The largest absolute Gasteiger partial charge is 0.444 e. The Morgan fingerprint density at radius 1 is 1.10 bits per heavy atom. The number of morpholine rings is 1. The summed E-state index contributed by atoms with van der Waals surface area (Å²) in [4.78, 5) is 30.5. The number of aromatic nitrogens is 1. The van der Waals surface area contributed by atoms with Gasteiger partial charge in [0.15, 0.2) is 5.69 Å². The summed E-state index contributed by atoms with van der Waals surface area (Å²) in [7, 11) is 0. The molecule has 0 spiro atoms. The second kappa shape index (κ2) is 9.02. The molecular formula is C21H21N3O4S. The molecule has 0 aliphatic carbocycles. The van der Waals surface area contributed by atoms with Crippen LogP contribution in [-0.4, -0.2) is 48.0 Å². The van der Waals surface area contributed by atoms with E-state index in [0.717, 1.165) is 16.7 Å². The van der Waals surface area contributed by atoms with E-state index in [0.29, 0.717) is 50.9 Å². The van der Waals surface area contributed by atoms with Gasteiger partial charge in [-0.2, -0.15) is 11.3 Å². The van der Waals surface area contributed by atoms with Gasteiger partial charge in [-0.1, -0.05) is 12.1 Å². The third-order valence-electron chi connectivity index (χ3n) is 4.66. The number of carbonyl (C=O) groups is 2. The highest BCUT2D eigenvalue weighted by molar-refractivity contribution is 7.08. The van der Waals surface area contributed by atoms with Gasteiger partial charge in [-0.15, -0.1) is 0 Å². The number of amides is 2. The van der Waals surface area contributed by atoms with Crippen LogP contribution in [0.5, 0.6) is 0 Å². The molecule has 0 saturated carbocycles. The zero-order chi connectivity index (χ0) is 20.1. The SMILES string of the molecule is O=C(Cc1ccsc1)NCc1ccc(-c2nc(C(=O)N3CCOCC3)co2)cc1. The van der Waals surface area contributed by atoms with Crippen LogP contribution in [0.3, 0.4) is 0 Å². The third kappa shape index (κ3) is 4.90. The van der Waals surface area contributed by atoms with E-state index in [-0.39, 0.29) is 11.8 Å². The molecule has 1 aliphatic rings. The lowest BCUT2D eigenvalue weighted by Crippen LogP contribution is -2.40. The summed E-state index contributed by atoms with van der Waals surface area (Å²) in [5.41, 5.74) is 3.07. The summed E-state index contributed by atoms with van der Waals surface area (Å²) >= 11 is 1.58. The summed E-state index contributed by atoms with van der Waals surface area (Å²) in [6.07, 6.45) is 1.78. The topological polar surface area (TPSA) is 84.7 Å². The third-order valence-corrected chi connectivity index (χ3v) is 5.39. The zero-order valence-electron chi connectivity index (χ0n) is 15.8. The monoisotopic (exact) mass is 411 g/mol. The van der Waals surface area contributed by atoms with Crippen molar-refractivity contribution in [3.8, 4) is 11.5 Å². The highest BCUT2D eigenvalue weighted by Gasteiger charge is 2.22. The van der Waals surface area contributed by atoms with E-state index in [1.165, 1.54) is 6.26 Å². The molecule has 1 aromatic carbocycles. The maximum absolute atomic E-state index is 12.5. The van der Waals surface area contributed by atoms with Crippen molar-refractivity contribution in [2.45, 2.75) is 13.0 Å². The van der Waals surface area contributed by atoms with E-state index in [9.17, 15) is 9.59 Å². The molecule has 0 radical (unpaired) electrons. The summed E-state index contributed by atoms with van der Waals surface area (Å²) in [6, 6.07) is 9.51. The number of thiophene rings is 1. The normalized spacial score (nSPS) is 14.0. The van der Waals surface area contributed by atoms with Crippen molar-refractivity contribution in [3.63, 3.8) is 0 Å². The van der Waals surface area contributed by atoms with Crippen LogP contribution in [-0.2, 0) is 22.5 Å². The summed E-state index contributed by atoms with van der Waals surface area (Å²) in [6.45, 7) is 2.67. The van der Waals surface area contributed by atoms with Crippen LogP contribution in [0.4, 0.5) is 0 Å². The minimum Gasteiger partial charge on any atom is -0.444 e. The van der Waals surface area contributed by atoms with Crippen LogP contribution in [0.2, 0.25) is 0 Å². The zero-order valence-corrected chi connectivity index (χ0v) is 16.6. The minimum absolute atomic E-state index is 0.00792. The number of nitrogens with zero attached hydrogens (tertiary/aromatic N) is 2. The highest BCUT2D eigenvalue weighted by atomic mass is 32.1. The number of hydrogen-bond acceptors (Lipinski definition) is 6. The second-order valence-electron chi connectivity index (χ2n) is 6.72. The average molecular weight is 411 g/mol. The van der Waals surface area contributed by atoms with Gasteiger partial charge in [-0.25, -0.2) is 4.98 Å². The van der Waals surface area contributed by atoms with Crippen molar-refractivity contribution in [3.05, 3.63) is 64.2 Å². The molecule has 1 N–H and O–H groups in total. The molecule has 1 saturated heterocycles. The molecule has 2 aromatic heterocycles. The van der Waals surface area contributed by atoms with Crippen LogP contribution in [0.1, 0.15) is 21.6 Å². The van der Waals surface area contributed by atoms with Gasteiger partial charge in [0.05, 0.1) is 19.6 Å². The minimum atomic E-state index is -0.145. The summed E-state index contributed by atoms with van der Waals surface area (Å²) in [5, 5.41) is 6.86. The molecule has 0 bridgehead atoms. The Hall–Kier alpha value is -2.97. The molecule has 29 heavy (non-hydrogen) atoms. The van der Waals surface area contributed by atoms with Crippen molar-refractivity contribution in [2.75, 3.05) is 26.3 Å². The van der Waals surface area contributed by atoms with Crippen molar-refractivity contribution in [1.29, 1.82) is 0 Å². The first kappa shape index (κ1) is 19.4. The van der Waals surface area contributed by atoms with Gasteiger partial charge < -0.3 is 19.4 Å². The van der Waals surface area contributed by atoms with Crippen molar-refractivity contribution >= 4 is 23.2 Å². The standard InChI is InChI=1S/C21H21N3O4S/c25-19(11-16-5-10-29-14-16)22-12-15-1-3-17(4-2-15)20-23-18(13-28-20)21(26)24-6-8-27-9-7-24/h1-5,10,13-14H,6-9,11-12H2,(H,22,25). The summed E-state index contributed by atoms with van der Waals surface area (Å²) < 4.78 is 10.8. The molecule has 150 valence electrons. The van der Waals surface area contributed by atoms with Crippen LogP contribution in [0.25, 0.3) is 11.5 Å². The summed E-state index contributed by atoms with van der Waals surface area (Å²) in [5.74, 6) is 0.245. The van der Waals surface area contributed by atoms with Crippen LogP contribution >= 0.6 is 11.3 Å². The number of benzene rings is 1. The fourth-order valence-electron chi connectivity index (χ4n) is 3.04. The Bertz CT molecular complexity index is 960. The Kier molecular flexibility index (Phi) is 6.02. The first-order valence-corrected chi connectivity index (χ1v) is 10.3. The van der Waals surface area contributed by atoms with Gasteiger partial charge in [0.2, 0.25) is 11.8 Å². The average Bonchev–Trinajstić information content (AvgIpc) is 3.45. The first-order chi connectivity index (χ1) is 14.2. The fourth-order valence-corrected chi connectivity index (χ4v) is 3.71. The fraction of sp³-hybridized carbons (Fsp3) is 0.286.